The molecular weight excluding hydrogens is 355 g/mol. The van der Waals surface area contributed by atoms with Crippen LogP contribution in [0.1, 0.15) is 22.3 Å². The lowest BCUT2D eigenvalue weighted by Crippen LogP contribution is -2.34. The normalized spacial score (nSPS) is 14.6. The molecule has 4 rings (SSSR count). The SMILES string of the molecule is O=C(c1ccc(Cl)cc1)N1CC=C(c2c[nH]c3c(Cl)cccc23)CC1. The van der Waals surface area contributed by atoms with Crippen molar-refractivity contribution in [3.8, 4) is 0 Å². The van der Waals surface area contributed by atoms with E-state index in [0.717, 1.165) is 27.9 Å². The highest BCUT2D eigenvalue weighted by Crippen LogP contribution is 2.32. The highest BCUT2D eigenvalue weighted by molar-refractivity contribution is 6.35. The number of rotatable bonds is 2. The molecule has 0 saturated heterocycles. The van der Waals surface area contributed by atoms with Gasteiger partial charge >= 0.3 is 0 Å². The molecule has 5 heteroatoms. The lowest BCUT2D eigenvalue weighted by molar-refractivity contribution is 0.0773. The van der Waals surface area contributed by atoms with Crippen molar-refractivity contribution in [2.24, 2.45) is 0 Å². The minimum Gasteiger partial charge on any atom is -0.359 e. The number of benzene rings is 2. The van der Waals surface area contributed by atoms with E-state index in [4.69, 9.17) is 23.2 Å². The molecule has 1 N–H and O–H groups in total. The largest absolute Gasteiger partial charge is 0.359 e. The zero-order valence-corrected chi connectivity index (χ0v) is 14.9. The summed E-state index contributed by atoms with van der Waals surface area (Å²) in [5.74, 6) is 0.0361. The standard InChI is InChI=1S/C20H16Cl2N2O/c21-15-6-4-14(5-7-15)20(25)24-10-8-13(9-11-24)17-12-23-19-16(17)2-1-3-18(19)22/h1-8,12,23H,9-11H2. The van der Waals surface area contributed by atoms with Gasteiger partial charge in [0.25, 0.3) is 5.91 Å². The number of para-hydroxylation sites is 1. The molecule has 0 radical (unpaired) electrons. The van der Waals surface area contributed by atoms with Gasteiger partial charge in [0.2, 0.25) is 0 Å². The summed E-state index contributed by atoms with van der Waals surface area (Å²) in [6.07, 6.45) is 4.94. The first kappa shape index (κ1) is 16.2. The highest BCUT2D eigenvalue weighted by Gasteiger charge is 2.20. The van der Waals surface area contributed by atoms with Crippen molar-refractivity contribution >= 4 is 45.6 Å². The predicted molar refractivity (Wildman–Crippen MR) is 103 cm³/mol. The van der Waals surface area contributed by atoms with Crippen LogP contribution in [0.2, 0.25) is 10.0 Å². The molecule has 0 saturated carbocycles. The van der Waals surface area contributed by atoms with Crippen molar-refractivity contribution in [1.82, 2.24) is 9.88 Å². The van der Waals surface area contributed by atoms with Crippen molar-refractivity contribution in [3.05, 3.63) is 75.9 Å². The van der Waals surface area contributed by atoms with Crippen LogP contribution in [-0.4, -0.2) is 28.9 Å². The minimum atomic E-state index is 0.0361. The maximum Gasteiger partial charge on any atom is 0.254 e. The Balaban J connectivity index is 1.56. The molecule has 2 heterocycles. The first-order valence-electron chi connectivity index (χ1n) is 8.13. The number of hydrogen-bond acceptors (Lipinski definition) is 1. The van der Waals surface area contributed by atoms with E-state index in [2.05, 4.69) is 17.1 Å². The minimum absolute atomic E-state index is 0.0361. The molecule has 3 nitrogen and oxygen atoms in total. The lowest BCUT2D eigenvalue weighted by Gasteiger charge is -2.26. The van der Waals surface area contributed by atoms with Crippen molar-refractivity contribution in [1.29, 1.82) is 0 Å². The summed E-state index contributed by atoms with van der Waals surface area (Å²) in [7, 11) is 0. The molecule has 1 amide bonds. The number of nitrogens with zero attached hydrogens (tertiary/aromatic N) is 1. The molecule has 0 unspecified atom stereocenters. The van der Waals surface area contributed by atoms with Crippen LogP contribution >= 0.6 is 23.2 Å². The van der Waals surface area contributed by atoms with E-state index in [1.165, 1.54) is 5.57 Å². The second-order valence-corrected chi connectivity index (χ2v) is 6.95. The average Bonchev–Trinajstić information content (AvgIpc) is 3.07. The summed E-state index contributed by atoms with van der Waals surface area (Å²) in [5.41, 5.74) is 4.03. The van der Waals surface area contributed by atoms with Gasteiger partial charge in [0, 0.05) is 40.8 Å². The quantitative estimate of drug-likeness (QED) is 0.643. The van der Waals surface area contributed by atoms with Gasteiger partial charge in [0.15, 0.2) is 0 Å². The molecule has 1 aliphatic rings. The highest BCUT2D eigenvalue weighted by atomic mass is 35.5. The fourth-order valence-corrected chi connectivity index (χ4v) is 3.61. The van der Waals surface area contributed by atoms with Crippen LogP contribution in [0.4, 0.5) is 0 Å². The van der Waals surface area contributed by atoms with E-state index >= 15 is 0 Å². The third kappa shape index (κ3) is 3.06. The van der Waals surface area contributed by atoms with Gasteiger partial charge in [-0.3, -0.25) is 4.79 Å². The molecular formula is C20H16Cl2N2O. The number of fused-ring (bicyclic) bond motifs is 1. The number of hydrogen-bond donors (Lipinski definition) is 1. The Bertz CT molecular complexity index is 973. The molecule has 1 aliphatic heterocycles. The van der Waals surface area contributed by atoms with Crippen LogP contribution in [0.5, 0.6) is 0 Å². The Morgan fingerprint density at radius 2 is 1.88 bits per heavy atom. The summed E-state index contributed by atoms with van der Waals surface area (Å²) in [6.45, 7) is 1.30. The number of aromatic nitrogens is 1. The summed E-state index contributed by atoms with van der Waals surface area (Å²) in [5, 5.41) is 2.48. The van der Waals surface area contributed by atoms with Crippen LogP contribution < -0.4 is 0 Å². The van der Waals surface area contributed by atoms with Gasteiger partial charge in [0.05, 0.1) is 10.5 Å². The van der Waals surface area contributed by atoms with Crippen LogP contribution in [0.3, 0.4) is 0 Å². The molecule has 1 aromatic heterocycles. The van der Waals surface area contributed by atoms with E-state index in [0.29, 0.717) is 23.7 Å². The number of nitrogens with one attached hydrogen (secondary N) is 1. The Morgan fingerprint density at radius 3 is 2.60 bits per heavy atom. The van der Waals surface area contributed by atoms with Gasteiger partial charge in [-0.25, -0.2) is 0 Å². The number of carbonyl (C=O) groups excluding carboxylic acids is 1. The van der Waals surface area contributed by atoms with Crippen molar-refractivity contribution < 1.29 is 4.79 Å². The van der Waals surface area contributed by atoms with Gasteiger partial charge < -0.3 is 9.88 Å². The van der Waals surface area contributed by atoms with Crippen molar-refractivity contribution in [3.63, 3.8) is 0 Å². The fraction of sp³-hybridized carbons (Fsp3) is 0.150. The topological polar surface area (TPSA) is 36.1 Å². The molecule has 126 valence electrons. The van der Waals surface area contributed by atoms with Gasteiger partial charge in [-0.2, -0.15) is 0 Å². The number of aromatic amines is 1. The molecule has 2 aromatic carbocycles. The van der Waals surface area contributed by atoms with Crippen molar-refractivity contribution in [2.45, 2.75) is 6.42 Å². The Morgan fingerprint density at radius 1 is 1.08 bits per heavy atom. The van der Waals surface area contributed by atoms with Crippen LogP contribution in [0, 0.1) is 0 Å². The number of halogens is 2. The first-order valence-corrected chi connectivity index (χ1v) is 8.89. The maximum absolute atomic E-state index is 12.6. The molecule has 25 heavy (non-hydrogen) atoms. The summed E-state index contributed by atoms with van der Waals surface area (Å²) >= 11 is 12.1. The van der Waals surface area contributed by atoms with Gasteiger partial charge in [-0.05, 0) is 42.3 Å². The van der Waals surface area contributed by atoms with E-state index in [1.807, 2.05) is 23.2 Å². The lowest BCUT2D eigenvalue weighted by atomic mass is 9.98. The first-order chi connectivity index (χ1) is 12.1. The van der Waals surface area contributed by atoms with Gasteiger partial charge in [0.1, 0.15) is 0 Å². The zero-order valence-electron chi connectivity index (χ0n) is 13.4. The van der Waals surface area contributed by atoms with Crippen molar-refractivity contribution in [2.75, 3.05) is 13.1 Å². The summed E-state index contributed by atoms with van der Waals surface area (Å²) in [6, 6.07) is 12.9. The van der Waals surface area contributed by atoms with Gasteiger partial charge in [-0.1, -0.05) is 41.4 Å². The molecule has 0 aliphatic carbocycles. The maximum atomic E-state index is 12.6. The second kappa shape index (κ2) is 6.58. The number of amides is 1. The fourth-order valence-electron chi connectivity index (χ4n) is 3.26. The predicted octanol–water partition coefficient (Wildman–Crippen LogP) is 5.40. The van der Waals surface area contributed by atoms with E-state index in [9.17, 15) is 4.79 Å². The van der Waals surface area contributed by atoms with Crippen LogP contribution in [0.25, 0.3) is 16.5 Å². The molecule has 0 fully saturated rings. The molecule has 0 atom stereocenters. The molecule has 0 bridgehead atoms. The molecule has 3 aromatic rings. The van der Waals surface area contributed by atoms with Crippen LogP contribution in [0.15, 0.2) is 54.7 Å². The Kier molecular flexibility index (Phi) is 4.28. The summed E-state index contributed by atoms with van der Waals surface area (Å²) in [4.78, 5) is 17.7. The monoisotopic (exact) mass is 370 g/mol. The van der Waals surface area contributed by atoms with Gasteiger partial charge in [-0.15, -0.1) is 0 Å². The zero-order chi connectivity index (χ0) is 17.4. The van der Waals surface area contributed by atoms with E-state index in [1.54, 1.807) is 24.3 Å². The summed E-state index contributed by atoms with van der Waals surface area (Å²) < 4.78 is 0. The van der Waals surface area contributed by atoms with E-state index < -0.39 is 0 Å². The Hall–Kier alpha value is -2.23. The second-order valence-electron chi connectivity index (χ2n) is 6.10. The molecule has 0 spiro atoms. The third-order valence-corrected chi connectivity index (χ3v) is 5.17. The van der Waals surface area contributed by atoms with E-state index in [-0.39, 0.29) is 5.91 Å². The smallest absolute Gasteiger partial charge is 0.254 e. The number of carbonyl (C=O) groups is 1. The third-order valence-electron chi connectivity index (χ3n) is 4.60. The average molecular weight is 371 g/mol. The van der Waals surface area contributed by atoms with Crippen LogP contribution in [-0.2, 0) is 0 Å². The Labute approximate surface area is 155 Å². The number of H-pyrrole nitrogens is 1.